The Morgan fingerprint density at radius 1 is 1.33 bits per heavy atom. The summed E-state index contributed by atoms with van der Waals surface area (Å²) < 4.78 is 4.67. The lowest BCUT2D eigenvalue weighted by atomic mass is 10.1. The molecular weight excluding hydrogens is 316 g/mol. The van der Waals surface area contributed by atoms with Gasteiger partial charge < -0.3 is 4.57 Å². The molecule has 0 saturated carbocycles. The summed E-state index contributed by atoms with van der Waals surface area (Å²) in [6.07, 6.45) is 6.07. The van der Waals surface area contributed by atoms with Crippen molar-refractivity contribution in [2.45, 2.75) is 39.0 Å². The highest BCUT2D eigenvalue weighted by molar-refractivity contribution is 7.71. The molecule has 0 radical (unpaired) electrons. The van der Waals surface area contributed by atoms with E-state index in [0.717, 1.165) is 30.0 Å². The molecule has 0 fully saturated rings. The van der Waals surface area contributed by atoms with E-state index >= 15 is 0 Å². The van der Waals surface area contributed by atoms with E-state index in [-0.39, 0.29) is 0 Å². The second-order valence-corrected chi connectivity index (χ2v) is 6.55. The largest absolute Gasteiger partial charge is 0.300 e. The third-order valence-electron chi connectivity index (χ3n) is 4.64. The lowest BCUT2D eigenvalue weighted by Gasteiger charge is -2.28. The Balaban J connectivity index is 1.88. The van der Waals surface area contributed by atoms with Gasteiger partial charge in [0.25, 0.3) is 0 Å². The topological polar surface area (TPSA) is 26.0 Å². The van der Waals surface area contributed by atoms with Gasteiger partial charge in [-0.1, -0.05) is 36.4 Å². The molecule has 3 rings (SSSR count). The molecule has 2 aromatic rings. The van der Waals surface area contributed by atoms with E-state index in [1.807, 2.05) is 28.3 Å². The van der Waals surface area contributed by atoms with Gasteiger partial charge >= 0.3 is 0 Å². The number of aryl methyl sites for hydroxylation is 2. The zero-order valence-corrected chi connectivity index (χ0v) is 15.0. The first-order valence-electron chi connectivity index (χ1n) is 8.33. The van der Waals surface area contributed by atoms with E-state index in [0.29, 0.717) is 19.3 Å². The summed E-state index contributed by atoms with van der Waals surface area (Å²) in [5.74, 6) is 0.922. The summed E-state index contributed by atoms with van der Waals surface area (Å²) in [5, 5.41) is 4.63. The van der Waals surface area contributed by atoms with Crippen LogP contribution < -0.4 is 0 Å². The van der Waals surface area contributed by atoms with Gasteiger partial charge in [-0.05, 0) is 43.1 Å². The van der Waals surface area contributed by atoms with E-state index in [1.165, 1.54) is 11.1 Å². The number of hydrogen-bond acceptors (Lipinski definition) is 3. The Bertz CT molecular complexity index is 802. The molecule has 1 heterocycles. The van der Waals surface area contributed by atoms with Gasteiger partial charge in [0.1, 0.15) is 5.82 Å². The molecule has 4 nitrogen and oxygen atoms in total. The van der Waals surface area contributed by atoms with Crippen molar-refractivity contribution in [2.75, 3.05) is 6.54 Å². The summed E-state index contributed by atoms with van der Waals surface area (Å²) >= 11 is 5.60. The number of hydrogen-bond donors (Lipinski definition) is 0. The van der Waals surface area contributed by atoms with E-state index in [2.05, 4.69) is 47.4 Å². The van der Waals surface area contributed by atoms with E-state index < -0.39 is 0 Å². The SMILES string of the molecule is C=CCN(Cn1nc(C)n(CC=C)c1=S)C1CCc2ccccc21. The Kier molecular flexibility index (Phi) is 5.11. The first kappa shape index (κ1) is 16.9. The van der Waals surface area contributed by atoms with Crippen LogP contribution in [0.2, 0.25) is 0 Å². The van der Waals surface area contributed by atoms with Crippen LogP contribution in [0.5, 0.6) is 0 Å². The van der Waals surface area contributed by atoms with Crippen molar-refractivity contribution in [1.29, 1.82) is 0 Å². The predicted octanol–water partition coefficient (Wildman–Crippen LogP) is 4.04. The molecular formula is C19H24N4S. The van der Waals surface area contributed by atoms with Crippen molar-refractivity contribution >= 4 is 12.2 Å². The number of allylic oxidation sites excluding steroid dienone is 1. The number of nitrogens with zero attached hydrogens (tertiary/aromatic N) is 4. The minimum absolute atomic E-state index is 0.394. The molecule has 1 aliphatic carbocycles. The Labute approximate surface area is 148 Å². The van der Waals surface area contributed by atoms with Gasteiger partial charge in [0.15, 0.2) is 4.77 Å². The van der Waals surface area contributed by atoms with Gasteiger partial charge in [0.2, 0.25) is 0 Å². The van der Waals surface area contributed by atoms with Gasteiger partial charge in [0, 0.05) is 19.1 Å². The molecule has 0 spiro atoms. The monoisotopic (exact) mass is 340 g/mol. The molecule has 0 saturated heterocycles. The number of aromatic nitrogens is 3. The fraction of sp³-hybridized carbons (Fsp3) is 0.368. The van der Waals surface area contributed by atoms with Crippen molar-refractivity contribution < 1.29 is 0 Å². The molecule has 1 aliphatic rings. The number of fused-ring (bicyclic) bond motifs is 1. The van der Waals surface area contributed by atoms with Crippen molar-refractivity contribution in [3.8, 4) is 0 Å². The molecule has 24 heavy (non-hydrogen) atoms. The third-order valence-corrected chi connectivity index (χ3v) is 5.07. The highest BCUT2D eigenvalue weighted by Gasteiger charge is 2.27. The summed E-state index contributed by atoms with van der Waals surface area (Å²) in [6, 6.07) is 9.11. The van der Waals surface area contributed by atoms with Crippen LogP contribution in [0, 0.1) is 11.7 Å². The van der Waals surface area contributed by atoms with E-state index in [1.54, 1.807) is 0 Å². The fourth-order valence-corrected chi connectivity index (χ4v) is 3.82. The predicted molar refractivity (Wildman–Crippen MR) is 100 cm³/mol. The summed E-state index contributed by atoms with van der Waals surface area (Å²) in [4.78, 5) is 2.40. The average molecular weight is 340 g/mol. The first-order chi connectivity index (χ1) is 11.7. The Morgan fingerprint density at radius 3 is 2.88 bits per heavy atom. The van der Waals surface area contributed by atoms with Crippen LogP contribution in [-0.2, 0) is 19.6 Å². The van der Waals surface area contributed by atoms with Crippen LogP contribution in [0.1, 0.15) is 29.4 Å². The van der Waals surface area contributed by atoms with Gasteiger partial charge in [-0.2, -0.15) is 5.10 Å². The smallest absolute Gasteiger partial charge is 0.199 e. The second-order valence-electron chi connectivity index (χ2n) is 6.18. The summed E-state index contributed by atoms with van der Waals surface area (Å²) in [6.45, 7) is 11.9. The molecule has 0 bridgehead atoms. The number of rotatable bonds is 7. The van der Waals surface area contributed by atoms with Crippen molar-refractivity contribution in [2.24, 2.45) is 0 Å². The standard InChI is InChI=1S/C19H24N4S/c1-4-12-21(18-11-10-16-8-6-7-9-17(16)18)14-23-19(24)22(13-5-2)15(3)20-23/h4-9,18H,1-2,10-14H2,3H3. The Morgan fingerprint density at radius 2 is 2.12 bits per heavy atom. The zero-order chi connectivity index (χ0) is 17.1. The van der Waals surface area contributed by atoms with Gasteiger partial charge in [-0.25, -0.2) is 4.68 Å². The lowest BCUT2D eigenvalue weighted by molar-refractivity contribution is 0.159. The lowest BCUT2D eigenvalue weighted by Crippen LogP contribution is -2.30. The van der Waals surface area contributed by atoms with Crippen LogP contribution in [0.25, 0.3) is 0 Å². The fourth-order valence-electron chi connectivity index (χ4n) is 3.52. The van der Waals surface area contributed by atoms with Crippen molar-refractivity contribution in [3.05, 3.63) is 71.3 Å². The highest BCUT2D eigenvalue weighted by Crippen LogP contribution is 2.35. The molecule has 0 amide bonds. The molecule has 0 aliphatic heterocycles. The maximum absolute atomic E-state index is 5.60. The number of benzene rings is 1. The molecule has 0 N–H and O–H groups in total. The van der Waals surface area contributed by atoms with Crippen LogP contribution in [0.15, 0.2) is 49.6 Å². The molecule has 1 aromatic heterocycles. The average Bonchev–Trinajstić information content (AvgIpc) is 3.11. The van der Waals surface area contributed by atoms with E-state index in [9.17, 15) is 0 Å². The van der Waals surface area contributed by atoms with Gasteiger partial charge in [-0.15, -0.1) is 13.2 Å². The van der Waals surface area contributed by atoms with Crippen LogP contribution >= 0.6 is 12.2 Å². The van der Waals surface area contributed by atoms with Crippen molar-refractivity contribution in [3.63, 3.8) is 0 Å². The van der Waals surface area contributed by atoms with E-state index in [4.69, 9.17) is 12.2 Å². The molecule has 1 unspecified atom stereocenters. The highest BCUT2D eigenvalue weighted by atomic mass is 32.1. The Hall–Kier alpha value is -1.98. The van der Waals surface area contributed by atoms with Gasteiger partial charge in [-0.3, -0.25) is 4.90 Å². The minimum atomic E-state index is 0.394. The quantitative estimate of drug-likeness (QED) is 0.562. The first-order valence-corrected chi connectivity index (χ1v) is 8.74. The maximum atomic E-state index is 5.60. The minimum Gasteiger partial charge on any atom is -0.300 e. The zero-order valence-electron chi connectivity index (χ0n) is 14.2. The molecule has 1 aromatic carbocycles. The summed E-state index contributed by atoms with van der Waals surface area (Å²) in [7, 11) is 0. The van der Waals surface area contributed by atoms with Crippen LogP contribution in [0.4, 0.5) is 0 Å². The van der Waals surface area contributed by atoms with Crippen LogP contribution in [-0.4, -0.2) is 25.8 Å². The molecule has 1 atom stereocenters. The second kappa shape index (κ2) is 7.28. The maximum Gasteiger partial charge on any atom is 0.199 e. The van der Waals surface area contributed by atoms with Crippen LogP contribution in [0.3, 0.4) is 0 Å². The van der Waals surface area contributed by atoms with Gasteiger partial charge in [0.05, 0.1) is 6.67 Å². The normalized spacial score (nSPS) is 16.3. The van der Waals surface area contributed by atoms with Crippen molar-refractivity contribution in [1.82, 2.24) is 19.2 Å². The molecule has 126 valence electrons. The summed E-state index contributed by atoms with van der Waals surface area (Å²) in [5.41, 5.74) is 2.88. The third kappa shape index (κ3) is 3.14. The molecule has 5 heteroatoms.